The molecule has 0 aliphatic heterocycles. The fourth-order valence-electron chi connectivity index (χ4n) is 0.883. The van der Waals surface area contributed by atoms with Gasteiger partial charge in [-0.05, 0) is 0 Å². The molecule has 0 atom stereocenters. The summed E-state index contributed by atoms with van der Waals surface area (Å²) in [5.41, 5.74) is 0. The maximum atomic E-state index is 3.64. The van der Waals surface area contributed by atoms with Crippen molar-refractivity contribution in [1.29, 1.82) is 0 Å². The van der Waals surface area contributed by atoms with Crippen molar-refractivity contribution in [2.45, 2.75) is 6.42 Å². The monoisotopic (exact) mass is 157 g/mol. The molecule has 0 heterocycles. The molecule has 0 bridgehead atoms. The Balaban J connectivity index is 3.08. The van der Waals surface area contributed by atoms with Crippen LogP contribution in [0.4, 0.5) is 0 Å². The molecule has 11 heavy (non-hydrogen) atoms. The van der Waals surface area contributed by atoms with E-state index in [1.165, 1.54) is 13.0 Å². The Morgan fingerprint density at radius 3 is 2.45 bits per heavy atom. The number of quaternary nitrogens is 1. The summed E-state index contributed by atoms with van der Waals surface area (Å²) in [6.07, 6.45) is 3.13. The van der Waals surface area contributed by atoms with Gasteiger partial charge in [-0.25, -0.2) is 0 Å². The highest BCUT2D eigenvalue weighted by Gasteiger charge is 2.04. The number of hydrogen-bond acceptors (Lipinski definition) is 1. The van der Waals surface area contributed by atoms with Crippen molar-refractivity contribution in [3.8, 4) is 0 Å². The summed E-state index contributed by atoms with van der Waals surface area (Å²) >= 11 is 0. The van der Waals surface area contributed by atoms with Crippen molar-refractivity contribution >= 4 is 0 Å². The van der Waals surface area contributed by atoms with E-state index in [-0.39, 0.29) is 0 Å². The van der Waals surface area contributed by atoms with Gasteiger partial charge in [-0.3, -0.25) is 0 Å². The standard InChI is InChI=1S/C9H21N2/c1-5-7-10-8-6-9-11(2,3)4/h5,10H,1,6-9H2,2-4H3/q+1. The van der Waals surface area contributed by atoms with E-state index in [4.69, 9.17) is 0 Å². The van der Waals surface area contributed by atoms with Crippen LogP contribution >= 0.6 is 0 Å². The zero-order valence-electron chi connectivity index (χ0n) is 8.06. The fourth-order valence-corrected chi connectivity index (χ4v) is 0.883. The van der Waals surface area contributed by atoms with Crippen LogP contribution in [0.25, 0.3) is 0 Å². The molecular weight excluding hydrogens is 136 g/mol. The van der Waals surface area contributed by atoms with Crippen LogP contribution in [-0.2, 0) is 0 Å². The van der Waals surface area contributed by atoms with Gasteiger partial charge in [0.1, 0.15) is 0 Å². The first-order chi connectivity index (χ1) is 5.06. The van der Waals surface area contributed by atoms with E-state index in [1.807, 2.05) is 6.08 Å². The SMILES string of the molecule is C=CCNCCC[N+](C)(C)C. The first-order valence-corrected chi connectivity index (χ1v) is 4.18. The van der Waals surface area contributed by atoms with Crippen molar-refractivity contribution in [3.63, 3.8) is 0 Å². The zero-order chi connectivity index (χ0) is 8.74. The van der Waals surface area contributed by atoms with Gasteiger partial charge in [0.25, 0.3) is 0 Å². The van der Waals surface area contributed by atoms with Gasteiger partial charge in [-0.15, -0.1) is 6.58 Å². The minimum absolute atomic E-state index is 0.928. The van der Waals surface area contributed by atoms with E-state index >= 15 is 0 Å². The van der Waals surface area contributed by atoms with Crippen LogP contribution in [0.1, 0.15) is 6.42 Å². The van der Waals surface area contributed by atoms with Crippen LogP contribution in [0.2, 0.25) is 0 Å². The van der Waals surface area contributed by atoms with E-state index in [9.17, 15) is 0 Å². The molecule has 0 amide bonds. The Bertz CT molecular complexity index is 103. The molecule has 0 aromatic carbocycles. The maximum absolute atomic E-state index is 3.64. The number of nitrogens with one attached hydrogen (secondary N) is 1. The van der Waals surface area contributed by atoms with Crippen molar-refractivity contribution in [3.05, 3.63) is 12.7 Å². The minimum atomic E-state index is 0.928. The molecule has 0 aliphatic rings. The third kappa shape index (κ3) is 9.66. The largest absolute Gasteiger partial charge is 0.331 e. The Labute approximate surface area is 70.5 Å². The molecular formula is C9H21N2+. The van der Waals surface area contributed by atoms with Crippen LogP contribution in [0, 0.1) is 0 Å². The average Bonchev–Trinajstić information content (AvgIpc) is 1.85. The summed E-state index contributed by atoms with van der Waals surface area (Å²) in [6.45, 7) is 6.89. The normalized spacial score (nSPS) is 11.5. The summed E-state index contributed by atoms with van der Waals surface area (Å²) in [5.74, 6) is 0. The fraction of sp³-hybridized carbons (Fsp3) is 0.778. The minimum Gasteiger partial charge on any atom is -0.331 e. The molecule has 2 heteroatoms. The van der Waals surface area contributed by atoms with Crippen molar-refractivity contribution in [2.24, 2.45) is 0 Å². The Kier molecular flexibility index (Phi) is 5.16. The van der Waals surface area contributed by atoms with E-state index in [1.54, 1.807) is 0 Å². The second-order valence-electron chi connectivity index (χ2n) is 3.86. The average molecular weight is 157 g/mol. The molecule has 0 fully saturated rings. The maximum Gasteiger partial charge on any atom is 0.0792 e. The number of rotatable bonds is 6. The van der Waals surface area contributed by atoms with Gasteiger partial charge < -0.3 is 9.80 Å². The Hall–Kier alpha value is -0.340. The highest BCUT2D eigenvalue weighted by atomic mass is 15.3. The molecule has 1 N–H and O–H groups in total. The third-order valence-corrected chi connectivity index (χ3v) is 1.47. The van der Waals surface area contributed by atoms with Gasteiger partial charge >= 0.3 is 0 Å². The number of hydrogen-bond donors (Lipinski definition) is 1. The molecule has 0 aromatic heterocycles. The topological polar surface area (TPSA) is 12.0 Å². The first kappa shape index (κ1) is 10.7. The van der Waals surface area contributed by atoms with Gasteiger partial charge in [-0.2, -0.15) is 0 Å². The lowest BCUT2D eigenvalue weighted by Gasteiger charge is -2.23. The van der Waals surface area contributed by atoms with Gasteiger partial charge in [0.15, 0.2) is 0 Å². The van der Waals surface area contributed by atoms with Gasteiger partial charge in [0.05, 0.1) is 27.7 Å². The van der Waals surface area contributed by atoms with Gasteiger partial charge in [0, 0.05) is 19.5 Å². The lowest BCUT2D eigenvalue weighted by molar-refractivity contribution is -0.870. The highest BCUT2D eigenvalue weighted by molar-refractivity contribution is 4.68. The van der Waals surface area contributed by atoms with E-state index in [2.05, 4.69) is 33.0 Å². The second-order valence-corrected chi connectivity index (χ2v) is 3.86. The Morgan fingerprint density at radius 2 is 2.00 bits per heavy atom. The van der Waals surface area contributed by atoms with Crippen LogP contribution < -0.4 is 5.32 Å². The van der Waals surface area contributed by atoms with Crippen LogP contribution in [0.15, 0.2) is 12.7 Å². The predicted octanol–water partition coefficient (Wildman–Crippen LogP) is 0.858. The first-order valence-electron chi connectivity index (χ1n) is 4.18. The Morgan fingerprint density at radius 1 is 1.36 bits per heavy atom. The zero-order valence-corrected chi connectivity index (χ0v) is 8.06. The summed E-state index contributed by atoms with van der Waals surface area (Å²) in [6, 6.07) is 0. The lowest BCUT2D eigenvalue weighted by Crippen LogP contribution is -2.36. The molecule has 0 radical (unpaired) electrons. The van der Waals surface area contributed by atoms with Crippen molar-refractivity contribution in [2.75, 3.05) is 40.8 Å². The van der Waals surface area contributed by atoms with Gasteiger partial charge in [0.2, 0.25) is 0 Å². The van der Waals surface area contributed by atoms with Crippen molar-refractivity contribution < 1.29 is 4.48 Å². The molecule has 0 saturated carbocycles. The molecule has 0 saturated heterocycles. The van der Waals surface area contributed by atoms with E-state index < -0.39 is 0 Å². The molecule has 2 nitrogen and oxygen atoms in total. The molecule has 0 aliphatic carbocycles. The highest BCUT2D eigenvalue weighted by Crippen LogP contribution is 1.91. The molecule has 0 aromatic rings. The van der Waals surface area contributed by atoms with Crippen LogP contribution in [0.5, 0.6) is 0 Å². The van der Waals surface area contributed by atoms with Gasteiger partial charge in [-0.1, -0.05) is 6.08 Å². The second kappa shape index (κ2) is 5.33. The van der Waals surface area contributed by atoms with E-state index in [0.29, 0.717) is 0 Å². The molecule has 0 spiro atoms. The summed E-state index contributed by atoms with van der Waals surface area (Å²) < 4.78 is 1.05. The van der Waals surface area contributed by atoms with E-state index in [0.717, 1.165) is 17.6 Å². The number of nitrogens with zero attached hydrogens (tertiary/aromatic N) is 1. The summed E-state index contributed by atoms with van der Waals surface area (Å²) in [7, 11) is 6.65. The van der Waals surface area contributed by atoms with Crippen molar-refractivity contribution in [1.82, 2.24) is 5.32 Å². The molecule has 0 unspecified atom stereocenters. The third-order valence-electron chi connectivity index (χ3n) is 1.47. The summed E-state index contributed by atoms with van der Waals surface area (Å²) in [5, 5.41) is 3.28. The van der Waals surface area contributed by atoms with Crippen LogP contribution in [-0.4, -0.2) is 45.3 Å². The quantitative estimate of drug-likeness (QED) is 0.342. The van der Waals surface area contributed by atoms with Crippen LogP contribution in [0.3, 0.4) is 0 Å². The molecule has 0 rings (SSSR count). The smallest absolute Gasteiger partial charge is 0.0792 e. The lowest BCUT2D eigenvalue weighted by atomic mass is 10.3. The summed E-state index contributed by atoms with van der Waals surface area (Å²) in [4.78, 5) is 0. The molecule has 66 valence electrons. The predicted molar refractivity (Wildman–Crippen MR) is 50.6 cm³/mol.